The minimum Gasteiger partial charge on any atom is -0.491 e. The maximum Gasteiger partial charge on any atom is 0.319 e. The van der Waals surface area contributed by atoms with Gasteiger partial charge in [-0.15, -0.1) is 0 Å². The first-order chi connectivity index (χ1) is 11.6. The number of anilines is 1. The Hall–Kier alpha value is -3.09. The molecule has 1 atom stereocenters. The van der Waals surface area contributed by atoms with E-state index in [1.54, 1.807) is 10.9 Å². The van der Waals surface area contributed by atoms with Crippen molar-refractivity contribution >= 4 is 22.8 Å². The number of benzene rings is 1. The van der Waals surface area contributed by atoms with Gasteiger partial charge in [-0.25, -0.2) is 9.78 Å². The second-order valence-electron chi connectivity index (χ2n) is 5.80. The third kappa shape index (κ3) is 2.44. The fourth-order valence-corrected chi connectivity index (χ4v) is 2.98. The molecule has 2 aromatic heterocycles. The van der Waals surface area contributed by atoms with E-state index in [1.165, 1.54) is 0 Å². The monoisotopic (exact) mass is 323 g/mol. The number of pyridine rings is 1. The average molecular weight is 323 g/mol. The number of aryl methyl sites for hydroxylation is 2. The maximum absolute atomic E-state index is 12.3. The number of carbonyl (C=O) groups is 1. The number of ether oxygens (including phenoxy) is 1. The molecule has 1 unspecified atom stereocenters. The molecule has 0 bridgehead atoms. The van der Waals surface area contributed by atoms with Gasteiger partial charge in [0, 0.05) is 18.0 Å². The van der Waals surface area contributed by atoms with Crippen LogP contribution in [0.2, 0.25) is 0 Å². The molecule has 0 saturated carbocycles. The maximum atomic E-state index is 12.3. The number of nitrogens with zero attached hydrogens (tertiary/aromatic N) is 3. The van der Waals surface area contributed by atoms with Crippen LogP contribution in [0.15, 0.2) is 36.5 Å². The Morgan fingerprint density at radius 2 is 2.21 bits per heavy atom. The number of aromatic nitrogens is 3. The summed E-state index contributed by atoms with van der Waals surface area (Å²) in [4.78, 5) is 16.6. The fraction of sp³-hybridized carbons (Fsp3) is 0.235. The zero-order valence-electron chi connectivity index (χ0n) is 13.4. The van der Waals surface area contributed by atoms with Gasteiger partial charge in [-0.05, 0) is 19.1 Å². The topological polar surface area (TPSA) is 81.1 Å². The van der Waals surface area contributed by atoms with Gasteiger partial charge in [0.1, 0.15) is 12.4 Å². The van der Waals surface area contributed by atoms with Crippen molar-refractivity contribution in [2.45, 2.75) is 13.0 Å². The first-order valence-corrected chi connectivity index (χ1v) is 7.70. The quantitative estimate of drug-likeness (QED) is 0.759. The second-order valence-corrected chi connectivity index (χ2v) is 5.80. The number of hydrogen-bond donors (Lipinski definition) is 2. The standard InChI is InChI=1S/C17H17N5O2/c1-10-13-7-11(8-18-16(13)22(2)21-10)19-17(23)20-14-9-24-15-6-4-3-5-12(14)15/h3-8,14H,9H2,1-2H3,(H2,19,20,23). The normalized spacial score (nSPS) is 15.8. The van der Waals surface area contributed by atoms with Crippen LogP contribution in [0.5, 0.6) is 5.75 Å². The van der Waals surface area contributed by atoms with E-state index >= 15 is 0 Å². The minimum atomic E-state index is -0.289. The highest BCUT2D eigenvalue weighted by atomic mass is 16.5. The van der Waals surface area contributed by atoms with Crippen molar-refractivity contribution < 1.29 is 9.53 Å². The highest BCUT2D eigenvalue weighted by Crippen LogP contribution is 2.31. The van der Waals surface area contributed by atoms with E-state index in [0.717, 1.165) is 28.0 Å². The molecule has 3 aromatic rings. The van der Waals surface area contributed by atoms with Gasteiger partial charge in [-0.1, -0.05) is 18.2 Å². The lowest BCUT2D eigenvalue weighted by Crippen LogP contribution is -2.33. The van der Waals surface area contributed by atoms with Crippen LogP contribution in [0.25, 0.3) is 11.0 Å². The molecule has 1 aromatic carbocycles. The summed E-state index contributed by atoms with van der Waals surface area (Å²) in [7, 11) is 1.85. The zero-order valence-corrected chi connectivity index (χ0v) is 13.4. The summed E-state index contributed by atoms with van der Waals surface area (Å²) in [5, 5.41) is 11.0. The molecule has 0 fully saturated rings. The molecule has 7 heteroatoms. The van der Waals surface area contributed by atoms with Crippen molar-refractivity contribution in [3.05, 3.63) is 47.8 Å². The summed E-state index contributed by atoms with van der Waals surface area (Å²) in [6.45, 7) is 2.35. The Balaban J connectivity index is 1.50. The Kier molecular flexibility index (Phi) is 3.34. The SMILES string of the molecule is Cc1nn(C)c2ncc(NC(=O)NC3COc4ccccc43)cc12. The second kappa shape index (κ2) is 5.52. The highest BCUT2D eigenvalue weighted by molar-refractivity contribution is 5.92. The zero-order chi connectivity index (χ0) is 16.7. The van der Waals surface area contributed by atoms with Gasteiger partial charge in [0.05, 0.1) is 23.6 Å². The van der Waals surface area contributed by atoms with E-state index in [1.807, 2.05) is 44.3 Å². The van der Waals surface area contributed by atoms with E-state index in [4.69, 9.17) is 4.74 Å². The molecule has 0 radical (unpaired) electrons. The number of urea groups is 1. The number of rotatable bonds is 2. The number of hydrogen-bond acceptors (Lipinski definition) is 4. The number of nitrogens with one attached hydrogen (secondary N) is 2. The van der Waals surface area contributed by atoms with Crippen LogP contribution in [-0.4, -0.2) is 27.4 Å². The van der Waals surface area contributed by atoms with Gasteiger partial charge >= 0.3 is 6.03 Å². The molecule has 0 spiro atoms. The van der Waals surface area contributed by atoms with Crippen LogP contribution < -0.4 is 15.4 Å². The molecule has 2 N–H and O–H groups in total. The Morgan fingerprint density at radius 1 is 1.38 bits per heavy atom. The molecule has 0 saturated heterocycles. The molecular formula is C17H17N5O2. The van der Waals surface area contributed by atoms with Gasteiger partial charge in [0.25, 0.3) is 0 Å². The smallest absolute Gasteiger partial charge is 0.319 e. The molecule has 7 nitrogen and oxygen atoms in total. The van der Waals surface area contributed by atoms with Crippen molar-refractivity contribution in [2.75, 3.05) is 11.9 Å². The van der Waals surface area contributed by atoms with Crippen LogP contribution in [0.3, 0.4) is 0 Å². The molecule has 3 heterocycles. The van der Waals surface area contributed by atoms with E-state index in [0.29, 0.717) is 12.3 Å². The number of para-hydroxylation sites is 1. The van der Waals surface area contributed by atoms with Crippen molar-refractivity contribution in [3.63, 3.8) is 0 Å². The fourth-order valence-electron chi connectivity index (χ4n) is 2.98. The van der Waals surface area contributed by atoms with Gasteiger partial charge in [-0.3, -0.25) is 4.68 Å². The minimum absolute atomic E-state index is 0.155. The number of carbonyl (C=O) groups excluding carboxylic acids is 1. The summed E-state index contributed by atoms with van der Waals surface area (Å²) in [5.41, 5.74) is 3.28. The first kappa shape index (κ1) is 14.5. The molecule has 122 valence electrons. The lowest BCUT2D eigenvalue weighted by atomic mass is 10.1. The molecule has 1 aliphatic rings. The molecule has 0 aliphatic carbocycles. The Morgan fingerprint density at radius 3 is 3.08 bits per heavy atom. The van der Waals surface area contributed by atoms with Crippen LogP contribution in [0.4, 0.5) is 10.5 Å². The van der Waals surface area contributed by atoms with Crippen LogP contribution in [0.1, 0.15) is 17.3 Å². The van der Waals surface area contributed by atoms with Crippen LogP contribution in [-0.2, 0) is 7.05 Å². The molecule has 24 heavy (non-hydrogen) atoms. The summed E-state index contributed by atoms with van der Waals surface area (Å²) in [5.74, 6) is 0.817. The first-order valence-electron chi connectivity index (χ1n) is 7.70. The summed E-state index contributed by atoms with van der Waals surface area (Å²) >= 11 is 0. The third-order valence-corrected chi connectivity index (χ3v) is 4.13. The highest BCUT2D eigenvalue weighted by Gasteiger charge is 2.25. The van der Waals surface area contributed by atoms with E-state index < -0.39 is 0 Å². The summed E-state index contributed by atoms with van der Waals surface area (Å²) in [6.07, 6.45) is 1.63. The van der Waals surface area contributed by atoms with Gasteiger partial charge in [-0.2, -0.15) is 5.10 Å². The van der Waals surface area contributed by atoms with Crippen molar-refractivity contribution in [1.82, 2.24) is 20.1 Å². The Labute approximate surface area is 138 Å². The van der Waals surface area contributed by atoms with Gasteiger partial charge in [0.15, 0.2) is 5.65 Å². The van der Waals surface area contributed by atoms with Crippen LogP contribution >= 0.6 is 0 Å². The number of amides is 2. The van der Waals surface area contributed by atoms with E-state index in [2.05, 4.69) is 20.7 Å². The Bertz CT molecular complexity index is 934. The predicted molar refractivity (Wildman–Crippen MR) is 90.1 cm³/mol. The predicted octanol–water partition coefficient (Wildman–Crippen LogP) is 2.53. The van der Waals surface area contributed by atoms with Gasteiger partial charge < -0.3 is 15.4 Å². The molecule has 2 amide bonds. The lowest BCUT2D eigenvalue weighted by molar-refractivity contribution is 0.243. The third-order valence-electron chi connectivity index (χ3n) is 4.13. The van der Waals surface area contributed by atoms with Crippen molar-refractivity contribution in [3.8, 4) is 5.75 Å². The van der Waals surface area contributed by atoms with E-state index in [9.17, 15) is 4.79 Å². The molecular weight excluding hydrogens is 306 g/mol. The average Bonchev–Trinajstić information content (AvgIpc) is 3.09. The summed E-state index contributed by atoms with van der Waals surface area (Å²) < 4.78 is 7.30. The van der Waals surface area contributed by atoms with E-state index in [-0.39, 0.29) is 12.1 Å². The molecule has 4 rings (SSSR count). The van der Waals surface area contributed by atoms with Crippen molar-refractivity contribution in [1.29, 1.82) is 0 Å². The van der Waals surface area contributed by atoms with Crippen LogP contribution in [0, 0.1) is 6.92 Å². The lowest BCUT2D eigenvalue weighted by Gasteiger charge is -2.12. The number of fused-ring (bicyclic) bond motifs is 2. The largest absolute Gasteiger partial charge is 0.491 e. The van der Waals surface area contributed by atoms with Gasteiger partial charge in [0.2, 0.25) is 0 Å². The summed E-state index contributed by atoms with van der Waals surface area (Å²) in [6, 6.07) is 9.14. The van der Waals surface area contributed by atoms with Crippen molar-refractivity contribution in [2.24, 2.45) is 7.05 Å². The molecule has 1 aliphatic heterocycles.